The fourth-order valence-corrected chi connectivity index (χ4v) is 5.65. The Bertz CT molecular complexity index is 2490. The Morgan fingerprint density at radius 1 is 0.627 bits per heavy atom. The van der Waals surface area contributed by atoms with Gasteiger partial charge < -0.3 is 5.73 Å². The Morgan fingerprint density at radius 3 is 1.36 bits per heavy atom. The fraction of sp³-hybridized carbons (Fsp3) is 0.278. The summed E-state index contributed by atoms with van der Waals surface area (Å²) in [5, 5.41) is 24.4. The molecule has 0 atom stereocenters. The van der Waals surface area contributed by atoms with Gasteiger partial charge in [0.1, 0.15) is 0 Å². The van der Waals surface area contributed by atoms with E-state index in [9.17, 15) is 43.2 Å². The summed E-state index contributed by atoms with van der Waals surface area (Å²) in [5.74, 6) is 0.822. The van der Waals surface area contributed by atoms with Crippen molar-refractivity contribution in [3.05, 3.63) is 130 Å². The molecule has 6 rings (SSSR count). The maximum atomic E-state index is 12.7. The number of rotatable bonds is 12. The zero-order chi connectivity index (χ0) is 43.4. The lowest BCUT2D eigenvalue weighted by atomic mass is 9.98. The van der Waals surface area contributed by atoms with Crippen molar-refractivity contribution >= 4 is 29.8 Å². The van der Waals surface area contributed by atoms with Gasteiger partial charge >= 0.3 is 12.4 Å². The van der Waals surface area contributed by atoms with Gasteiger partial charge in [-0.1, -0.05) is 72.8 Å². The third kappa shape index (κ3) is 15.8. The van der Waals surface area contributed by atoms with Crippen LogP contribution in [0.2, 0.25) is 0 Å². The van der Waals surface area contributed by atoms with Gasteiger partial charge in [-0.15, -0.1) is 20.4 Å². The summed E-state index contributed by atoms with van der Waals surface area (Å²) in [4.78, 5) is 2.70. The Labute approximate surface area is 339 Å². The number of nitrogens with zero attached hydrogens (tertiary/aromatic N) is 8. The number of benzene rings is 4. The van der Waals surface area contributed by atoms with Gasteiger partial charge in [0.2, 0.25) is 30.7 Å². The number of alkyl halides is 6. The van der Waals surface area contributed by atoms with E-state index in [1.807, 2.05) is 36.4 Å². The van der Waals surface area contributed by atoms with Crippen LogP contribution >= 0.6 is 10.7 Å². The predicted molar refractivity (Wildman–Crippen MR) is 208 cm³/mol. The maximum Gasteiger partial charge on any atom is 0.416 e. The molecule has 0 aliphatic heterocycles. The molecule has 0 spiro atoms. The van der Waals surface area contributed by atoms with Gasteiger partial charge in [0.15, 0.2) is 0 Å². The molecule has 0 fully saturated rings. The third-order valence-electron chi connectivity index (χ3n) is 7.78. The highest BCUT2D eigenvalue weighted by Gasteiger charge is 2.30. The summed E-state index contributed by atoms with van der Waals surface area (Å²) in [6, 6.07) is 24.9. The lowest BCUT2D eigenvalue weighted by Gasteiger charge is -2.09. The molecule has 2 heterocycles. The quantitative estimate of drug-likeness (QED) is 0.115. The van der Waals surface area contributed by atoms with Crippen LogP contribution in [0.25, 0.3) is 22.8 Å². The number of sulfonamides is 1. The number of nitrogens with one attached hydrogen (secondary N) is 1. The minimum atomic E-state index is -4.37. The van der Waals surface area contributed by atoms with Gasteiger partial charge in [0, 0.05) is 34.9 Å². The van der Waals surface area contributed by atoms with E-state index in [4.69, 9.17) is 5.73 Å². The molecule has 0 saturated carbocycles. The normalized spacial score (nSPS) is 12.0. The van der Waals surface area contributed by atoms with Crippen LogP contribution in [0.3, 0.4) is 0 Å². The predicted octanol–water partition coefficient (Wildman–Crippen LogP) is 5.59. The van der Waals surface area contributed by atoms with E-state index in [-0.39, 0.29) is 13.1 Å². The van der Waals surface area contributed by atoms with Crippen LogP contribution in [0.1, 0.15) is 33.4 Å². The van der Waals surface area contributed by atoms with Crippen LogP contribution in [-0.2, 0) is 57.4 Å². The van der Waals surface area contributed by atoms with Crippen molar-refractivity contribution in [3.8, 4) is 22.8 Å². The smallest absolute Gasteiger partial charge is 0.329 e. The average molecular weight is 887 g/mol. The highest BCUT2D eigenvalue weighted by Crippen LogP contribution is 2.31. The monoisotopic (exact) mass is 886 g/mol. The summed E-state index contributed by atoms with van der Waals surface area (Å²) in [6.07, 6.45) is -5.84. The number of hydrogen-bond donors (Lipinski definition) is 2. The minimum absolute atomic E-state index is 0.127. The number of hydrogen-bond acceptors (Lipinski definition) is 11. The van der Waals surface area contributed by atoms with E-state index in [0.717, 1.165) is 64.6 Å². The van der Waals surface area contributed by atoms with Crippen molar-refractivity contribution in [1.82, 2.24) is 45.1 Å². The third-order valence-corrected chi connectivity index (χ3v) is 8.51. The Morgan fingerprint density at radius 2 is 1.00 bits per heavy atom. The first kappa shape index (κ1) is 46.4. The number of aromatic nitrogens is 8. The molecule has 0 unspecified atom stereocenters. The number of nitrogens with two attached hydrogens (primary N) is 1. The van der Waals surface area contributed by atoms with Crippen LogP contribution in [0, 0.1) is 0 Å². The zero-order valence-corrected chi connectivity index (χ0v) is 33.6. The van der Waals surface area contributed by atoms with Gasteiger partial charge in [-0.3, -0.25) is 0 Å². The van der Waals surface area contributed by atoms with E-state index >= 15 is 0 Å². The Kier molecular flexibility index (Phi) is 15.8. The Balaban J connectivity index is 0.000000236. The van der Waals surface area contributed by atoms with Crippen molar-refractivity contribution in [2.75, 3.05) is 25.6 Å². The van der Waals surface area contributed by atoms with Crippen molar-refractivity contribution < 1.29 is 43.2 Å². The van der Waals surface area contributed by atoms with Gasteiger partial charge in [-0.05, 0) is 69.8 Å². The van der Waals surface area contributed by atoms with Crippen molar-refractivity contribution in [3.63, 3.8) is 0 Å². The van der Waals surface area contributed by atoms with E-state index in [1.54, 1.807) is 12.1 Å². The average Bonchev–Trinajstić information content (AvgIpc) is 3.81. The molecule has 0 aliphatic carbocycles. The number of halogens is 7. The first-order valence-corrected chi connectivity index (χ1v) is 21.8. The SMILES string of the molecule is CS(=O)(=O)Cl.CS(=O)(=O)NCCn1nnc(-c2ccccc2Cc2ccc(C(F)(F)F)cc2)n1.NCCn1nnc(-c2ccccc2Cc2ccc(C(F)(F)F)cc2)n1. The molecule has 3 N–H and O–H groups in total. The first-order valence-electron chi connectivity index (χ1n) is 17.2. The Hall–Kier alpha value is -5.29. The molecule has 6 aromatic rings. The van der Waals surface area contributed by atoms with Crippen molar-refractivity contribution in [1.29, 1.82) is 0 Å². The maximum absolute atomic E-state index is 12.7. The summed E-state index contributed by atoms with van der Waals surface area (Å²) in [7, 11) is -2.00. The van der Waals surface area contributed by atoms with Crippen LogP contribution in [0.15, 0.2) is 97.1 Å². The molecule has 0 radical (unpaired) electrons. The second kappa shape index (κ2) is 20.1. The topological polar surface area (TPSA) is 194 Å². The molecule has 0 bridgehead atoms. The van der Waals surface area contributed by atoms with Crippen molar-refractivity contribution in [2.24, 2.45) is 5.73 Å². The summed E-state index contributed by atoms with van der Waals surface area (Å²) in [5.41, 5.74) is 8.86. The fourth-order valence-electron chi connectivity index (χ4n) is 5.19. The second-order valence-corrected chi connectivity index (χ2v) is 17.5. The summed E-state index contributed by atoms with van der Waals surface area (Å²) >= 11 is 0. The molecule has 316 valence electrons. The van der Waals surface area contributed by atoms with E-state index in [1.165, 1.54) is 33.9 Å². The molecule has 2 aromatic heterocycles. The highest BCUT2D eigenvalue weighted by atomic mass is 35.7. The molecule has 59 heavy (non-hydrogen) atoms. The number of tetrazole rings is 2. The summed E-state index contributed by atoms with van der Waals surface area (Å²) in [6.45, 7) is 1.21. The van der Waals surface area contributed by atoms with Gasteiger partial charge in [0.25, 0.3) is 0 Å². The molecular weight excluding hydrogens is 850 g/mol. The molecule has 4 aromatic carbocycles. The van der Waals surface area contributed by atoms with Gasteiger partial charge in [0.05, 0.1) is 36.7 Å². The molecule has 0 aliphatic rings. The van der Waals surface area contributed by atoms with E-state index < -0.39 is 42.6 Å². The zero-order valence-electron chi connectivity index (χ0n) is 31.2. The van der Waals surface area contributed by atoms with Crippen LogP contribution in [0.4, 0.5) is 26.3 Å². The summed E-state index contributed by atoms with van der Waals surface area (Å²) < 4.78 is 120. The van der Waals surface area contributed by atoms with Crippen LogP contribution in [0.5, 0.6) is 0 Å². The highest BCUT2D eigenvalue weighted by molar-refractivity contribution is 8.13. The molecular formula is C36H37ClF6N10O4S2. The molecule has 0 saturated heterocycles. The first-order chi connectivity index (χ1) is 27.6. The van der Waals surface area contributed by atoms with E-state index in [2.05, 4.69) is 46.2 Å². The minimum Gasteiger partial charge on any atom is -0.329 e. The van der Waals surface area contributed by atoms with Crippen LogP contribution < -0.4 is 10.5 Å². The standard InChI is InChI=1S/C18H18F3N5O2S.C17H16F3N5.CH3ClO2S/c1-29(27,28)22-10-11-26-24-17(23-25-26)16-5-3-2-4-14(16)12-13-6-8-15(9-7-13)18(19,20)21;18-17(19,20)14-7-5-12(6-8-14)11-13-3-1-2-4-15(13)16-22-24-25(23-16)10-9-21;1-5(2,3)4/h2-9,22H,10-12H2,1H3;1-8H,9-11,21H2;1H3. The molecule has 14 nitrogen and oxygen atoms in total. The van der Waals surface area contributed by atoms with Gasteiger partial charge in [-0.2, -0.15) is 35.9 Å². The van der Waals surface area contributed by atoms with Crippen molar-refractivity contribution in [2.45, 2.75) is 38.3 Å². The second-order valence-electron chi connectivity index (χ2n) is 12.6. The van der Waals surface area contributed by atoms with Gasteiger partial charge in [-0.25, -0.2) is 21.6 Å². The lowest BCUT2D eigenvalue weighted by molar-refractivity contribution is -0.138. The molecule has 0 amide bonds. The lowest BCUT2D eigenvalue weighted by Crippen LogP contribution is -2.26. The largest absolute Gasteiger partial charge is 0.416 e. The van der Waals surface area contributed by atoms with Crippen LogP contribution in [-0.4, -0.2) is 82.9 Å². The molecule has 23 heteroatoms. The van der Waals surface area contributed by atoms with E-state index in [0.29, 0.717) is 43.1 Å².